The average molecular weight is 303 g/mol. The largest absolute Gasteiger partial charge is 0.405 e. The highest BCUT2D eigenvalue weighted by molar-refractivity contribution is 5.47. The summed E-state index contributed by atoms with van der Waals surface area (Å²) in [7, 11) is 0. The molecule has 0 aromatic carbocycles. The van der Waals surface area contributed by atoms with Gasteiger partial charge in [0.05, 0.1) is 0 Å². The third-order valence-corrected chi connectivity index (χ3v) is 3.29. The second kappa shape index (κ2) is 7.64. The van der Waals surface area contributed by atoms with Crippen molar-refractivity contribution in [3.05, 3.63) is 23.4 Å². The Morgan fingerprint density at radius 2 is 2.00 bits per heavy atom. The summed E-state index contributed by atoms with van der Waals surface area (Å²) in [6.45, 7) is 5.02. The van der Waals surface area contributed by atoms with Gasteiger partial charge in [-0.2, -0.15) is 13.2 Å². The number of rotatable bonds is 7. The van der Waals surface area contributed by atoms with Crippen LogP contribution in [0.15, 0.2) is 12.3 Å². The first-order valence-corrected chi connectivity index (χ1v) is 7.29. The molecule has 0 saturated carbocycles. The number of pyridine rings is 1. The molecule has 0 bridgehead atoms. The summed E-state index contributed by atoms with van der Waals surface area (Å²) in [6.07, 6.45) is -0.405. The molecule has 1 unspecified atom stereocenters. The Kier molecular flexibility index (Phi) is 6.45. The quantitative estimate of drug-likeness (QED) is 0.839. The molecule has 3 nitrogen and oxygen atoms in total. The van der Waals surface area contributed by atoms with Crippen molar-refractivity contribution in [2.45, 2.75) is 52.3 Å². The van der Waals surface area contributed by atoms with Crippen LogP contribution in [0.4, 0.5) is 19.0 Å². The molecule has 2 N–H and O–H groups in total. The van der Waals surface area contributed by atoms with Crippen molar-refractivity contribution in [3.8, 4) is 0 Å². The summed E-state index contributed by atoms with van der Waals surface area (Å²) in [5, 5.41) is 0. The maximum Gasteiger partial charge on any atom is 0.405 e. The monoisotopic (exact) mass is 303 g/mol. The third-order valence-electron chi connectivity index (χ3n) is 3.29. The molecule has 0 fully saturated rings. The molecule has 1 atom stereocenters. The Balaban J connectivity index is 2.94. The number of anilines is 1. The van der Waals surface area contributed by atoms with E-state index in [4.69, 9.17) is 5.73 Å². The van der Waals surface area contributed by atoms with Gasteiger partial charge < -0.3 is 10.6 Å². The Morgan fingerprint density at radius 3 is 2.48 bits per heavy atom. The fraction of sp³-hybridized carbons (Fsp3) is 0.667. The summed E-state index contributed by atoms with van der Waals surface area (Å²) in [6, 6.07) is 1.94. The van der Waals surface area contributed by atoms with Crippen LogP contribution in [0, 0.1) is 6.92 Å². The zero-order valence-corrected chi connectivity index (χ0v) is 12.9. The first-order valence-electron chi connectivity index (χ1n) is 7.29. The van der Waals surface area contributed by atoms with Gasteiger partial charge in [-0.15, -0.1) is 0 Å². The maximum absolute atomic E-state index is 12.7. The second-order valence-electron chi connectivity index (χ2n) is 5.39. The van der Waals surface area contributed by atoms with Crippen LogP contribution in [-0.2, 0) is 6.42 Å². The van der Waals surface area contributed by atoms with Crippen molar-refractivity contribution in [1.82, 2.24) is 4.98 Å². The molecule has 1 rings (SSSR count). The molecule has 0 aliphatic rings. The molecular weight excluding hydrogens is 279 g/mol. The zero-order chi connectivity index (χ0) is 16.0. The predicted octanol–water partition coefficient (Wildman–Crippen LogP) is 3.45. The average Bonchev–Trinajstić information content (AvgIpc) is 2.36. The molecular formula is C15H24F3N3. The second-order valence-corrected chi connectivity index (χ2v) is 5.39. The molecule has 1 aromatic heterocycles. The summed E-state index contributed by atoms with van der Waals surface area (Å²) < 4.78 is 38.0. The van der Waals surface area contributed by atoms with Crippen LogP contribution in [0.2, 0.25) is 0 Å². The minimum absolute atomic E-state index is 0.0546. The lowest BCUT2D eigenvalue weighted by molar-refractivity contribution is -0.119. The minimum atomic E-state index is -4.23. The molecule has 1 aromatic rings. The van der Waals surface area contributed by atoms with E-state index in [9.17, 15) is 13.2 Å². The summed E-state index contributed by atoms with van der Waals surface area (Å²) in [5.74, 6) is 0.406. The standard InChI is InChI=1S/C15H24F3N3/c1-4-6-21(10-15(16,17)18)14-11(3)7-12(9-20-14)8-13(19)5-2/h7,9,13H,4-6,8,10,19H2,1-3H3. The highest BCUT2D eigenvalue weighted by Gasteiger charge is 2.31. The van der Waals surface area contributed by atoms with Crippen LogP contribution in [0.25, 0.3) is 0 Å². The van der Waals surface area contributed by atoms with Crippen molar-refractivity contribution in [1.29, 1.82) is 0 Å². The van der Waals surface area contributed by atoms with E-state index in [2.05, 4.69) is 4.98 Å². The van der Waals surface area contributed by atoms with Gasteiger partial charge in [0.25, 0.3) is 0 Å². The summed E-state index contributed by atoms with van der Waals surface area (Å²) in [4.78, 5) is 5.53. The lowest BCUT2D eigenvalue weighted by Gasteiger charge is -2.26. The summed E-state index contributed by atoms with van der Waals surface area (Å²) in [5.41, 5.74) is 7.62. The van der Waals surface area contributed by atoms with Crippen LogP contribution < -0.4 is 10.6 Å². The van der Waals surface area contributed by atoms with E-state index in [1.165, 1.54) is 4.90 Å². The minimum Gasteiger partial charge on any atom is -0.347 e. The van der Waals surface area contributed by atoms with Gasteiger partial charge in [0.1, 0.15) is 12.4 Å². The predicted molar refractivity (Wildman–Crippen MR) is 79.5 cm³/mol. The van der Waals surface area contributed by atoms with Gasteiger partial charge in [-0.3, -0.25) is 0 Å². The normalized spacial score (nSPS) is 13.3. The number of aromatic nitrogens is 1. The van der Waals surface area contributed by atoms with E-state index in [-0.39, 0.29) is 6.04 Å². The molecule has 0 radical (unpaired) electrons. The number of hydrogen-bond acceptors (Lipinski definition) is 3. The van der Waals surface area contributed by atoms with Gasteiger partial charge in [-0.25, -0.2) is 4.98 Å². The van der Waals surface area contributed by atoms with Crippen molar-refractivity contribution in [2.24, 2.45) is 5.73 Å². The van der Waals surface area contributed by atoms with Crippen molar-refractivity contribution in [3.63, 3.8) is 0 Å². The van der Waals surface area contributed by atoms with Crippen LogP contribution in [-0.4, -0.2) is 30.3 Å². The first-order chi connectivity index (χ1) is 9.76. The Hall–Kier alpha value is -1.30. The topological polar surface area (TPSA) is 42.2 Å². The van der Waals surface area contributed by atoms with Gasteiger partial charge in [0.2, 0.25) is 0 Å². The highest BCUT2D eigenvalue weighted by Crippen LogP contribution is 2.24. The fourth-order valence-electron chi connectivity index (χ4n) is 2.26. The van der Waals surface area contributed by atoms with Gasteiger partial charge in [-0.05, 0) is 37.3 Å². The lowest BCUT2D eigenvalue weighted by Crippen LogP contribution is -2.36. The van der Waals surface area contributed by atoms with Gasteiger partial charge in [-0.1, -0.05) is 19.9 Å². The molecule has 0 amide bonds. The van der Waals surface area contributed by atoms with Gasteiger partial charge >= 0.3 is 6.18 Å². The van der Waals surface area contributed by atoms with Crippen LogP contribution in [0.3, 0.4) is 0 Å². The van der Waals surface area contributed by atoms with Crippen molar-refractivity contribution < 1.29 is 13.2 Å². The maximum atomic E-state index is 12.7. The lowest BCUT2D eigenvalue weighted by atomic mass is 10.0. The van der Waals surface area contributed by atoms with E-state index in [1.54, 1.807) is 13.1 Å². The molecule has 120 valence electrons. The zero-order valence-electron chi connectivity index (χ0n) is 12.9. The number of halogens is 3. The molecule has 0 aliphatic carbocycles. The molecule has 1 heterocycles. The van der Waals surface area contributed by atoms with Gasteiger partial charge in [0, 0.05) is 18.8 Å². The van der Waals surface area contributed by atoms with E-state index < -0.39 is 12.7 Å². The Bertz CT molecular complexity index is 446. The van der Waals surface area contributed by atoms with Crippen molar-refractivity contribution in [2.75, 3.05) is 18.0 Å². The number of alkyl halides is 3. The Labute approximate surface area is 124 Å². The van der Waals surface area contributed by atoms with E-state index in [0.29, 0.717) is 25.2 Å². The highest BCUT2D eigenvalue weighted by atomic mass is 19.4. The smallest absolute Gasteiger partial charge is 0.347 e. The first kappa shape index (κ1) is 17.8. The number of hydrogen-bond donors (Lipinski definition) is 1. The number of nitrogens with zero attached hydrogens (tertiary/aromatic N) is 2. The van der Waals surface area contributed by atoms with E-state index in [1.807, 2.05) is 19.9 Å². The van der Waals surface area contributed by atoms with Crippen LogP contribution in [0.5, 0.6) is 0 Å². The third kappa shape index (κ3) is 5.91. The fourth-order valence-corrected chi connectivity index (χ4v) is 2.26. The van der Waals surface area contributed by atoms with Crippen LogP contribution in [0.1, 0.15) is 37.8 Å². The molecule has 0 saturated heterocycles. The number of nitrogens with two attached hydrogens (primary N) is 1. The van der Waals surface area contributed by atoms with Gasteiger partial charge in [0.15, 0.2) is 0 Å². The molecule has 6 heteroatoms. The summed E-state index contributed by atoms with van der Waals surface area (Å²) >= 11 is 0. The van der Waals surface area contributed by atoms with E-state index >= 15 is 0 Å². The molecule has 21 heavy (non-hydrogen) atoms. The van der Waals surface area contributed by atoms with Crippen LogP contribution >= 0.6 is 0 Å². The molecule has 0 aliphatic heterocycles. The molecule has 0 spiro atoms. The van der Waals surface area contributed by atoms with E-state index in [0.717, 1.165) is 17.5 Å². The van der Waals surface area contributed by atoms with Crippen molar-refractivity contribution >= 4 is 5.82 Å². The number of aryl methyl sites for hydroxylation is 1. The Morgan fingerprint density at radius 1 is 1.33 bits per heavy atom. The SMILES string of the molecule is CCCN(CC(F)(F)F)c1ncc(CC(N)CC)cc1C.